The fraction of sp³-hybridized carbons (Fsp3) is 0.667. The fourth-order valence-electron chi connectivity index (χ4n) is 0.703. The smallest absolute Gasteiger partial charge is 0.223 e. The van der Waals surface area contributed by atoms with Crippen LogP contribution in [0, 0.1) is 6.92 Å². The van der Waals surface area contributed by atoms with Crippen molar-refractivity contribution in [1.29, 1.82) is 0 Å². The molecule has 0 aliphatic heterocycles. The van der Waals surface area contributed by atoms with Gasteiger partial charge in [-0.1, -0.05) is 5.16 Å². The van der Waals surface area contributed by atoms with Gasteiger partial charge in [-0.25, -0.2) is 0 Å². The quantitative estimate of drug-likeness (QED) is 0.656. The van der Waals surface area contributed by atoms with Crippen molar-refractivity contribution >= 4 is 0 Å². The second kappa shape index (κ2) is 3.31. The van der Waals surface area contributed by atoms with Crippen molar-refractivity contribution in [2.75, 3.05) is 6.54 Å². The van der Waals surface area contributed by atoms with E-state index in [4.69, 9.17) is 10.3 Å². The molecule has 10 heavy (non-hydrogen) atoms. The van der Waals surface area contributed by atoms with Gasteiger partial charge in [0.15, 0.2) is 5.82 Å². The Labute approximate surface area is 59.4 Å². The van der Waals surface area contributed by atoms with Crippen LogP contribution in [-0.2, 0) is 6.42 Å². The number of hydrogen-bond donors (Lipinski definition) is 1. The molecule has 0 aliphatic carbocycles. The Morgan fingerprint density at radius 1 is 1.60 bits per heavy atom. The van der Waals surface area contributed by atoms with Crippen LogP contribution in [0.1, 0.15) is 18.1 Å². The summed E-state index contributed by atoms with van der Waals surface area (Å²) >= 11 is 0. The Kier molecular flexibility index (Phi) is 2.39. The Hall–Kier alpha value is -0.900. The van der Waals surface area contributed by atoms with Crippen molar-refractivity contribution in [3.05, 3.63) is 11.7 Å². The van der Waals surface area contributed by atoms with Gasteiger partial charge in [-0.15, -0.1) is 0 Å². The SMILES string of the molecule is Cc1nc(CCCN)no1. The van der Waals surface area contributed by atoms with Gasteiger partial charge in [0.05, 0.1) is 0 Å². The third kappa shape index (κ3) is 1.80. The summed E-state index contributed by atoms with van der Waals surface area (Å²) in [6.07, 6.45) is 1.73. The van der Waals surface area contributed by atoms with Crippen molar-refractivity contribution in [1.82, 2.24) is 10.1 Å². The molecule has 4 heteroatoms. The van der Waals surface area contributed by atoms with Crippen molar-refractivity contribution in [2.45, 2.75) is 19.8 Å². The lowest BCUT2D eigenvalue weighted by atomic mass is 10.3. The van der Waals surface area contributed by atoms with Gasteiger partial charge >= 0.3 is 0 Å². The molecular weight excluding hydrogens is 130 g/mol. The fourth-order valence-corrected chi connectivity index (χ4v) is 0.703. The van der Waals surface area contributed by atoms with Crippen LogP contribution in [0.15, 0.2) is 4.52 Å². The lowest BCUT2D eigenvalue weighted by Gasteiger charge is -1.87. The van der Waals surface area contributed by atoms with Gasteiger partial charge in [-0.05, 0) is 13.0 Å². The number of nitrogens with two attached hydrogens (primary N) is 1. The van der Waals surface area contributed by atoms with Crippen LogP contribution in [0.4, 0.5) is 0 Å². The molecule has 0 amide bonds. The third-order valence-corrected chi connectivity index (χ3v) is 1.17. The minimum Gasteiger partial charge on any atom is -0.340 e. The largest absolute Gasteiger partial charge is 0.340 e. The van der Waals surface area contributed by atoms with E-state index in [0.717, 1.165) is 18.7 Å². The lowest BCUT2D eigenvalue weighted by molar-refractivity contribution is 0.387. The summed E-state index contributed by atoms with van der Waals surface area (Å²) in [4.78, 5) is 4.01. The number of hydrogen-bond acceptors (Lipinski definition) is 4. The maximum Gasteiger partial charge on any atom is 0.223 e. The predicted molar refractivity (Wildman–Crippen MR) is 36.4 cm³/mol. The normalized spacial score (nSPS) is 10.2. The first kappa shape index (κ1) is 7.21. The van der Waals surface area contributed by atoms with E-state index < -0.39 is 0 Å². The molecular formula is C6H11N3O. The van der Waals surface area contributed by atoms with Gasteiger partial charge in [-0.2, -0.15) is 4.98 Å². The first-order valence-corrected chi connectivity index (χ1v) is 3.32. The van der Waals surface area contributed by atoms with Crippen LogP contribution in [0.5, 0.6) is 0 Å². The minimum absolute atomic E-state index is 0.618. The second-order valence-corrected chi connectivity index (χ2v) is 2.12. The summed E-state index contributed by atoms with van der Waals surface area (Å²) in [5.41, 5.74) is 5.30. The van der Waals surface area contributed by atoms with Crippen LogP contribution in [0.3, 0.4) is 0 Å². The molecule has 0 atom stereocenters. The van der Waals surface area contributed by atoms with Gasteiger partial charge in [0.2, 0.25) is 5.89 Å². The molecule has 1 aromatic rings. The van der Waals surface area contributed by atoms with E-state index in [1.807, 2.05) is 0 Å². The zero-order valence-corrected chi connectivity index (χ0v) is 6.00. The zero-order chi connectivity index (χ0) is 7.40. The highest BCUT2D eigenvalue weighted by atomic mass is 16.5. The highest BCUT2D eigenvalue weighted by Gasteiger charge is 1.99. The maximum absolute atomic E-state index is 5.30. The molecule has 0 aliphatic rings. The zero-order valence-electron chi connectivity index (χ0n) is 6.00. The molecule has 0 fully saturated rings. The molecule has 2 N–H and O–H groups in total. The van der Waals surface area contributed by atoms with E-state index in [2.05, 4.69) is 10.1 Å². The molecule has 0 aromatic carbocycles. The monoisotopic (exact) mass is 141 g/mol. The number of aromatic nitrogens is 2. The topological polar surface area (TPSA) is 64.9 Å². The summed E-state index contributed by atoms with van der Waals surface area (Å²) in [6, 6.07) is 0. The second-order valence-electron chi connectivity index (χ2n) is 2.12. The van der Waals surface area contributed by atoms with E-state index in [1.165, 1.54) is 0 Å². The molecule has 0 saturated heterocycles. The third-order valence-electron chi connectivity index (χ3n) is 1.17. The van der Waals surface area contributed by atoms with Gasteiger partial charge in [0.25, 0.3) is 0 Å². The van der Waals surface area contributed by atoms with Gasteiger partial charge in [0, 0.05) is 13.3 Å². The Balaban J connectivity index is 2.42. The molecule has 0 radical (unpaired) electrons. The maximum atomic E-state index is 5.30. The van der Waals surface area contributed by atoms with Gasteiger partial charge in [0.1, 0.15) is 0 Å². The number of nitrogens with zero attached hydrogens (tertiary/aromatic N) is 2. The Morgan fingerprint density at radius 3 is 2.90 bits per heavy atom. The van der Waals surface area contributed by atoms with Gasteiger partial charge < -0.3 is 10.3 Å². The van der Waals surface area contributed by atoms with Gasteiger partial charge in [-0.3, -0.25) is 0 Å². The average molecular weight is 141 g/mol. The van der Waals surface area contributed by atoms with E-state index in [1.54, 1.807) is 6.92 Å². The van der Waals surface area contributed by atoms with Crippen molar-refractivity contribution in [3.8, 4) is 0 Å². The first-order chi connectivity index (χ1) is 4.83. The highest BCUT2D eigenvalue weighted by Crippen LogP contribution is 1.96. The number of rotatable bonds is 3. The molecule has 1 rings (SSSR count). The Bertz CT molecular complexity index is 197. The van der Waals surface area contributed by atoms with E-state index in [-0.39, 0.29) is 0 Å². The lowest BCUT2D eigenvalue weighted by Crippen LogP contribution is -2.01. The van der Waals surface area contributed by atoms with E-state index in [0.29, 0.717) is 12.4 Å². The summed E-state index contributed by atoms with van der Waals surface area (Å²) in [6.45, 7) is 2.45. The molecule has 0 spiro atoms. The standard InChI is InChI=1S/C6H11N3O/c1-5-8-6(9-10-5)3-2-4-7/h2-4,7H2,1H3. The highest BCUT2D eigenvalue weighted by molar-refractivity contribution is 4.83. The van der Waals surface area contributed by atoms with Crippen LogP contribution in [0.2, 0.25) is 0 Å². The molecule has 4 nitrogen and oxygen atoms in total. The summed E-state index contributed by atoms with van der Waals surface area (Å²) < 4.78 is 4.76. The molecule has 0 unspecified atom stereocenters. The molecule has 0 bridgehead atoms. The van der Waals surface area contributed by atoms with Crippen molar-refractivity contribution in [2.24, 2.45) is 5.73 Å². The minimum atomic E-state index is 0.618. The summed E-state index contributed by atoms with van der Waals surface area (Å²) in [5, 5.41) is 3.71. The van der Waals surface area contributed by atoms with E-state index in [9.17, 15) is 0 Å². The van der Waals surface area contributed by atoms with Crippen LogP contribution >= 0.6 is 0 Å². The van der Waals surface area contributed by atoms with E-state index >= 15 is 0 Å². The summed E-state index contributed by atoms with van der Waals surface area (Å²) in [7, 11) is 0. The van der Waals surface area contributed by atoms with Crippen LogP contribution in [0.25, 0.3) is 0 Å². The van der Waals surface area contributed by atoms with Crippen molar-refractivity contribution in [3.63, 3.8) is 0 Å². The van der Waals surface area contributed by atoms with Crippen molar-refractivity contribution < 1.29 is 4.52 Å². The predicted octanol–water partition coefficient (Wildman–Crippen LogP) is 0.269. The molecule has 56 valence electrons. The Morgan fingerprint density at radius 2 is 2.40 bits per heavy atom. The van der Waals surface area contributed by atoms with Crippen LogP contribution < -0.4 is 5.73 Å². The molecule has 0 saturated carbocycles. The first-order valence-electron chi connectivity index (χ1n) is 3.32. The number of aryl methyl sites for hydroxylation is 2. The van der Waals surface area contributed by atoms with Crippen LogP contribution in [-0.4, -0.2) is 16.7 Å². The molecule has 1 aromatic heterocycles. The average Bonchev–Trinajstić information content (AvgIpc) is 2.31. The summed E-state index contributed by atoms with van der Waals surface area (Å²) in [5.74, 6) is 1.37. The molecule has 1 heterocycles.